The van der Waals surface area contributed by atoms with Gasteiger partial charge in [0, 0.05) is 85.8 Å². The van der Waals surface area contributed by atoms with E-state index >= 15 is 9.59 Å². The van der Waals surface area contributed by atoms with E-state index in [1.807, 2.05) is 19.2 Å². The third kappa shape index (κ3) is 9.38. The molecule has 7 heterocycles. The van der Waals surface area contributed by atoms with Crippen LogP contribution in [-0.2, 0) is 48.0 Å². The highest BCUT2D eigenvalue weighted by Crippen LogP contribution is 2.49. The van der Waals surface area contributed by atoms with Crippen LogP contribution in [0, 0.1) is 22.7 Å². The van der Waals surface area contributed by atoms with Crippen LogP contribution >= 0.6 is 0 Å². The fourth-order valence-corrected chi connectivity index (χ4v) is 13.8. The van der Waals surface area contributed by atoms with Crippen LogP contribution < -0.4 is 10.7 Å². The van der Waals surface area contributed by atoms with Crippen LogP contribution in [0.15, 0.2) is 60.8 Å². The number of carbonyl (C=O) groups is 4. The maximum absolute atomic E-state index is 15.2. The number of likely N-dealkylation sites (N-methyl/N-ethyl adjacent to an activating group) is 1. The van der Waals surface area contributed by atoms with Gasteiger partial charge in [-0.3, -0.25) is 39.0 Å². The van der Waals surface area contributed by atoms with Crippen LogP contribution in [0.25, 0.3) is 33.3 Å². The summed E-state index contributed by atoms with van der Waals surface area (Å²) in [6, 6.07) is 17.7. The molecule has 2 N–H and O–H groups in total. The zero-order valence-corrected chi connectivity index (χ0v) is 43.5. The number of nitrogens with zero attached hydrogens (tertiary/aromatic N) is 6. The first-order valence-corrected chi connectivity index (χ1v) is 27.3. The molecular formula is C58H76N8O6. The first kappa shape index (κ1) is 49.1. The van der Waals surface area contributed by atoms with Gasteiger partial charge in [-0.15, -0.1) is 0 Å². The first-order valence-electron chi connectivity index (χ1n) is 27.3. The number of pyridine rings is 1. The summed E-state index contributed by atoms with van der Waals surface area (Å²) in [4.78, 5) is 69.9. The molecule has 4 aromatic rings. The zero-order valence-electron chi connectivity index (χ0n) is 43.5. The second-order valence-electron chi connectivity index (χ2n) is 23.5. The first-order chi connectivity index (χ1) is 34.7. The number of fused-ring (bicyclic) bond motifs is 6. The molecule has 1 spiro atoms. The molecule has 11 rings (SSSR count). The van der Waals surface area contributed by atoms with Gasteiger partial charge < -0.3 is 24.3 Å². The normalized spacial score (nSPS) is 28.8. The Balaban J connectivity index is 0.917. The van der Waals surface area contributed by atoms with Crippen LogP contribution in [0.2, 0.25) is 0 Å². The van der Waals surface area contributed by atoms with Gasteiger partial charge in [0.15, 0.2) is 0 Å². The van der Waals surface area contributed by atoms with Gasteiger partial charge in [0.2, 0.25) is 11.8 Å². The van der Waals surface area contributed by atoms with Crippen molar-refractivity contribution in [1.82, 2.24) is 40.0 Å². The largest absolute Gasteiger partial charge is 0.464 e. The van der Waals surface area contributed by atoms with Crippen molar-refractivity contribution in [3.05, 3.63) is 77.6 Å². The number of amides is 3. The summed E-state index contributed by atoms with van der Waals surface area (Å²) in [5.41, 5.74) is 11.0. The summed E-state index contributed by atoms with van der Waals surface area (Å²) in [6.07, 6.45) is 12.1. The number of hydrogen-bond donors (Lipinski definition) is 2. The SMILES string of the molecule is CCn1c(-c2cccnc2[C@H](C)OC)c2c3cc(ccc31)-c1cccc(c1)C[C@H](NC(=O)[C@H](C1CCCC1)N1CC[C@]3(CCN(C(=O)[C@H]4[C@@H](C5CC5)N4C)C3)C1)C(=O)N1CCC[C@H](N1)C(=O)OCC(C)(C)C2. The van der Waals surface area contributed by atoms with Gasteiger partial charge in [-0.25, -0.2) is 5.43 Å². The molecule has 2 aromatic heterocycles. The molecule has 72 heavy (non-hydrogen) atoms. The third-order valence-electron chi connectivity index (χ3n) is 17.9. The Morgan fingerprint density at radius 3 is 2.51 bits per heavy atom. The van der Waals surface area contributed by atoms with Gasteiger partial charge in [-0.05, 0) is 144 Å². The minimum absolute atomic E-state index is 0.0289. The summed E-state index contributed by atoms with van der Waals surface area (Å²) in [5.74, 6) is 0.404. The number of aromatic nitrogens is 2. The number of cyclic esters (lactones) is 1. The summed E-state index contributed by atoms with van der Waals surface area (Å²) in [7, 11) is 3.81. The predicted molar refractivity (Wildman–Crippen MR) is 277 cm³/mol. The Labute approximate surface area is 425 Å². The van der Waals surface area contributed by atoms with E-state index in [4.69, 9.17) is 14.5 Å². The molecule has 6 bridgehead atoms. The maximum atomic E-state index is 15.2. The van der Waals surface area contributed by atoms with E-state index in [0.717, 1.165) is 121 Å². The van der Waals surface area contributed by atoms with Crippen molar-refractivity contribution in [1.29, 1.82) is 0 Å². The minimum atomic E-state index is -0.888. The number of rotatable bonds is 10. The third-order valence-corrected chi connectivity index (χ3v) is 17.9. The molecule has 5 aliphatic heterocycles. The number of likely N-dealkylation sites (tertiary alicyclic amines) is 2. The number of nitrogens with one attached hydrogen (secondary N) is 2. The fraction of sp³-hybridized carbons (Fsp3) is 0.603. The van der Waals surface area contributed by atoms with Crippen molar-refractivity contribution in [3.63, 3.8) is 0 Å². The van der Waals surface area contributed by atoms with Crippen molar-refractivity contribution in [2.24, 2.45) is 22.7 Å². The summed E-state index contributed by atoms with van der Waals surface area (Å²) in [6.45, 7) is 12.9. The molecule has 0 radical (unpaired) electrons. The average Bonchev–Trinajstić information content (AvgIpc) is 4.04. The van der Waals surface area contributed by atoms with Crippen LogP contribution in [0.1, 0.15) is 115 Å². The smallest absolute Gasteiger partial charge is 0.324 e. The molecule has 2 aromatic carbocycles. The Morgan fingerprint density at radius 2 is 1.74 bits per heavy atom. The van der Waals surface area contributed by atoms with Crippen molar-refractivity contribution in [2.75, 3.05) is 53.5 Å². The topological polar surface area (TPSA) is 141 Å². The number of methoxy groups -OCH3 is 1. The van der Waals surface area contributed by atoms with Crippen LogP contribution in [0.3, 0.4) is 0 Å². The van der Waals surface area contributed by atoms with Crippen LogP contribution in [0.5, 0.6) is 0 Å². The van der Waals surface area contributed by atoms with Gasteiger partial charge in [0.05, 0.1) is 30.1 Å². The van der Waals surface area contributed by atoms with Crippen LogP contribution in [-0.4, -0.2) is 137 Å². The summed E-state index contributed by atoms with van der Waals surface area (Å²) < 4.78 is 14.5. The zero-order chi connectivity index (χ0) is 50.1. The number of aryl methyl sites for hydroxylation is 1. The molecule has 1 unspecified atom stereocenters. The molecular weight excluding hydrogens is 905 g/mol. The Kier molecular flexibility index (Phi) is 13.4. The van der Waals surface area contributed by atoms with Gasteiger partial charge in [0.1, 0.15) is 18.1 Å². The number of esters is 1. The predicted octanol–water partition coefficient (Wildman–Crippen LogP) is 7.32. The van der Waals surface area contributed by atoms with E-state index in [1.165, 1.54) is 12.8 Å². The van der Waals surface area contributed by atoms with Crippen molar-refractivity contribution in [2.45, 2.75) is 148 Å². The lowest BCUT2D eigenvalue weighted by Gasteiger charge is -2.37. The molecule has 14 heteroatoms. The Hall–Kier alpha value is -5.15. The second-order valence-corrected chi connectivity index (χ2v) is 23.5. The number of hydrazine groups is 1. The molecule has 14 nitrogen and oxygen atoms in total. The number of hydrogen-bond acceptors (Lipinski definition) is 10. The molecule has 4 saturated heterocycles. The van der Waals surface area contributed by atoms with Gasteiger partial charge in [-0.2, -0.15) is 0 Å². The van der Waals surface area contributed by atoms with Crippen molar-refractivity contribution < 1.29 is 28.7 Å². The second kappa shape index (κ2) is 19.6. The fourth-order valence-electron chi connectivity index (χ4n) is 13.8. The lowest BCUT2D eigenvalue weighted by molar-refractivity contribution is -0.155. The highest BCUT2D eigenvalue weighted by Gasteiger charge is 2.59. The number of ether oxygens (including phenoxy) is 2. The lowest BCUT2D eigenvalue weighted by Crippen LogP contribution is -2.62. The number of benzene rings is 2. The Morgan fingerprint density at radius 1 is 0.944 bits per heavy atom. The van der Waals surface area contributed by atoms with Crippen molar-refractivity contribution >= 4 is 34.6 Å². The van der Waals surface area contributed by atoms with Crippen LogP contribution in [0.4, 0.5) is 0 Å². The molecule has 8 atom stereocenters. The average molecular weight is 981 g/mol. The molecule has 384 valence electrons. The molecule has 2 saturated carbocycles. The highest BCUT2D eigenvalue weighted by molar-refractivity contribution is 5.96. The monoisotopic (exact) mass is 981 g/mol. The van der Waals surface area contributed by atoms with Gasteiger partial charge >= 0.3 is 5.97 Å². The number of carbonyl (C=O) groups excluding carboxylic acids is 4. The highest BCUT2D eigenvalue weighted by atomic mass is 16.5. The van der Waals surface area contributed by atoms with E-state index in [-0.39, 0.29) is 66.2 Å². The van der Waals surface area contributed by atoms with E-state index in [2.05, 4.69) is 106 Å². The van der Waals surface area contributed by atoms with E-state index in [1.54, 1.807) is 12.1 Å². The van der Waals surface area contributed by atoms with E-state index in [9.17, 15) is 9.59 Å². The van der Waals surface area contributed by atoms with E-state index < -0.39 is 17.5 Å². The van der Waals surface area contributed by atoms with Crippen molar-refractivity contribution in [3.8, 4) is 22.4 Å². The van der Waals surface area contributed by atoms with E-state index in [0.29, 0.717) is 37.8 Å². The molecule has 3 amide bonds. The standard InChI is InChI=1S/C58H76N8O6/c1-7-65-47-22-21-41-31-43(47)44(51(65)42-17-11-25-59-48(42)36(2)71-6)32-57(3,4)35-72-56(70)45-18-12-26-66(61-45)54(68)46(30-37-13-10-16-40(41)29-37)60-53(67)50(38-14-8-9-15-38)63-27-23-58(33-63)24-28-64(34-58)55(69)52-49(62(52)5)39-19-20-39/h10-11,13,16-17,21-22,25,29,31,36,38-39,45-46,49-50,52,61H,7-9,12,14-15,18-20,23-24,26-28,30,32-35H2,1-6H3,(H,60,67)/t36-,45-,46-,49+,50-,52+,58-,62?/m0/s1. The van der Waals surface area contributed by atoms with Gasteiger partial charge in [0.25, 0.3) is 5.91 Å². The Bertz CT molecular complexity index is 2730. The quantitative estimate of drug-likeness (QED) is 0.123. The van der Waals surface area contributed by atoms with Gasteiger partial charge in [-0.1, -0.05) is 57.0 Å². The lowest BCUT2D eigenvalue weighted by atomic mass is 9.84. The molecule has 2 aliphatic carbocycles. The minimum Gasteiger partial charge on any atom is -0.464 e. The molecule has 7 aliphatic rings. The maximum Gasteiger partial charge on any atom is 0.324 e. The summed E-state index contributed by atoms with van der Waals surface area (Å²) >= 11 is 0. The summed E-state index contributed by atoms with van der Waals surface area (Å²) in [5, 5.41) is 6.07. The molecule has 6 fully saturated rings.